The van der Waals surface area contributed by atoms with Crippen molar-refractivity contribution in [1.82, 2.24) is 5.32 Å². The Balaban J connectivity index is 1.87. The van der Waals surface area contributed by atoms with Crippen molar-refractivity contribution in [3.8, 4) is 0 Å². The molecule has 1 aromatic carbocycles. The summed E-state index contributed by atoms with van der Waals surface area (Å²) in [6, 6.07) is 8.14. The van der Waals surface area contributed by atoms with Gasteiger partial charge in [0.25, 0.3) is 0 Å². The van der Waals surface area contributed by atoms with Crippen molar-refractivity contribution in [1.29, 1.82) is 0 Å². The van der Waals surface area contributed by atoms with Gasteiger partial charge in [-0.15, -0.1) is 0 Å². The minimum Gasteiger partial charge on any atom is -0.368 e. The second-order valence-corrected chi connectivity index (χ2v) is 5.03. The fourth-order valence-corrected chi connectivity index (χ4v) is 2.42. The molecule has 1 aromatic rings. The van der Waals surface area contributed by atoms with Crippen LogP contribution in [0.4, 0.5) is 0 Å². The molecule has 0 radical (unpaired) electrons. The number of hydrogen-bond donors (Lipinski definition) is 2. The average molecular weight is 276 g/mol. The predicted octanol–water partition coefficient (Wildman–Crippen LogP) is 1.29. The highest BCUT2D eigenvalue weighted by atomic mass is 16.5. The van der Waals surface area contributed by atoms with Crippen molar-refractivity contribution in [2.24, 2.45) is 5.73 Å². The molecule has 0 aliphatic heterocycles. The summed E-state index contributed by atoms with van der Waals surface area (Å²) in [7, 11) is 0. The zero-order chi connectivity index (χ0) is 14.4. The molecule has 0 unspecified atom stereocenters. The zero-order valence-corrected chi connectivity index (χ0v) is 11.4. The van der Waals surface area contributed by atoms with E-state index in [9.17, 15) is 9.59 Å². The third kappa shape index (κ3) is 4.06. The first-order valence-electron chi connectivity index (χ1n) is 6.92. The lowest BCUT2D eigenvalue weighted by molar-refractivity contribution is -0.131. The van der Waals surface area contributed by atoms with E-state index >= 15 is 0 Å². The Morgan fingerprint density at radius 3 is 2.50 bits per heavy atom. The molecule has 2 rings (SSSR count). The Morgan fingerprint density at radius 1 is 1.25 bits per heavy atom. The lowest BCUT2D eigenvalue weighted by atomic mass is 10.1. The van der Waals surface area contributed by atoms with Gasteiger partial charge in [0.1, 0.15) is 12.6 Å². The van der Waals surface area contributed by atoms with Gasteiger partial charge in [-0.2, -0.15) is 0 Å². The van der Waals surface area contributed by atoms with Crippen LogP contribution in [0.2, 0.25) is 0 Å². The lowest BCUT2D eigenvalue weighted by Crippen LogP contribution is -2.39. The number of rotatable bonds is 6. The second kappa shape index (κ2) is 7.05. The summed E-state index contributed by atoms with van der Waals surface area (Å²) in [5.74, 6) is -0.894. The predicted molar refractivity (Wildman–Crippen MR) is 74.7 cm³/mol. The molecule has 1 atom stereocenters. The van der Waals surface area contributed by atoms with Gasteiger partial charge >= 0.3 is 0 Å². The molecule has 2 amide bonds. The van der Waals surface area contributed by atoms with E-state index in [0.29, 0.717) is 5.56 Å². The summed E-state index contributed by atoms with van der Waals surface area (Å²) >= 11 is 0. The Kier molecular flexibility index (Phi) is 5.12. The van der Waals surface area contributed by atoms with E-state index in [4.69, 9.17) is 10.5 Å². The minimum absolute atomic E-state index is 0.0265. The maximum Gasteiger partial charge on any atom is 0.246 e. The van der Waals surface area contributed by atoms with E-state index in [0.717, 1.165) is 25.7 Å². The van der Waals surface area contributed by atoms with Crippen molar-refractivity contribution in [2.45, 2.75) is 37.8 Å². The quantitative estimate of drug-likeness (QED) is 0.821. The SMILES string of the molecule is NC(=O)[C@H](NC(=O)COC1CCCC1)c1ccccc1. The average Bonchev–Trinajstić information content (AvgIpc) is 2.96. The molecule has 20 heavy (non-hydrogen) atoms. The molecule has 108 valence electrons. The minimum atomic E-state index is -0.809. The highest BCUT2D eigenvalue weighted by Gasteiger charge is 2.21. The number of carbonyl (C=O) groups is 2. The molecule has 0 spiro atoms. The van der Waals surface area contributed by atoms with Crippen molar-refractivity contribution in [3.63, 3.8) is 0 Å². The first kappa shape index (κ1) is 14.5. The van der Waals surface area contributed by atoms with Gasteiger partial charge in [-0.1, -0.05) is 43.2 Å². The topological polar surface area (TPSA) is 81.4 Å². The van der Waals surface area contributed by atoms with E-state index in [1.54, 1.807) is 24.3 Å². The molecule has 1 fully saturated rings. The largest absolute Gasteiger partial charge is 0.368 e. The summed E-state index contributed by atoms with van der Waals surface area (Å²) < 4.78 is 5.52. The summed E-state index contributed by atoms with van der Waals surface area (Å²) in [6.45, 7) is -0.0265. The normalized spacial score (nSPS) is 16.8. The van der Waals surface area contributed by atoms with Gasteiger partial charge in [-0.25, -0.2) is 0 Å². The number of hydrogen-bond acceptors (Lipinski definition) is 3. The van der Waals surface area contributed by atoms with E-state index in [1.807, 2.05) is 6.07 Å². The van der Waals surface area contributed by atoms with E-state index in [1.165, 1.54) is 0 Å². The highest BCUT2D eigenvalue weighted by Crippen LogP contribution is 2.20. The summed E-state index contributed by atoms with van der Waals surface area (Å²) in [5.41, 5.74) is 6.02. The van der Waals surface area contributed by atoms with Crippen LogP contribution in [0, 0.1) is 0 Å². The van der Waals surface area contributed by atoms with Crippen LogP contribution in [0.1, 0.15) is 37.3 Å². The Bertz CT molecular complexity index is 455. The molecule has 0 saturated heterocycles. The van der Waals surface area contributed by atoms with Crippen LogP contribution < -0.4 is 11.1 Å². The van der Waals surface area contributed by atoms with Gasteiger partial charge in [0.15, 0.2) is 0 Å². The standard InChI is InChI=1S/C15H20N2O3/c16-15(19)14(11-6-2-1-3-7-11)17-13(18)10-20-12-8-4-5-9-12/h1-3,6-7,12,14H,4-5,8-10H2,(H2,16,19)(H,17,18)/t14-/m1/s1. The van der Waals surface area contributed by atoms with Crippen LogP contribution in [-0.4, -0.2) is 24.5 Å². The molecule has 1 saturated carbocycles. The van der Waals surface area contributed by atoms with Gasteiger partial charge in [-0.3, -0.25) is 9.59 Å². The maximum absolute atomic E-state index is 11.8. The van der Waals surface area contributed by atoms with Gasteiger partial charge in [-0.05, 0) is 18.4 Å². The van der Waals surface area contributed by atoms with Crippen LogP contribution in [0.25, 0.3) is 0 Å². The molecular weight excluding hydrogens is 256 g/mol. The third-order valence-electron chi connectivity index (χ3n) is 3.48. The van der Waals surface area contributed by atoms with Gasteiger partial charge in [0.05, 0.1) is 6.10 Å². The third-order valence-corrected chi connectivity index (χ3v) is 3.48. The van der Waals surface area contributed by atoms with Gasteiger partial charge < -0.3 is 15.8 Å². The number of nitrogens with two attached hydrogens (primary N) is 1. The first-order valence-corrected chi connectivity index (χ1v) is 6.92. The number of primary amides is 1. The summed E-state index contributed by atoms with van der Waals surface area (Å²) in [6.07, 6.45) is 4.49. The second-order valence-electron chi connectivity index (χ2n) is 5.03. The fraction of sp³-hybridized carbons (Fsp3) is 0.467. The molecular formula is C15H20N2O3. The molecule has 0 aromatic heterocycles. The Hall–Kier alpha value is -1.88. The molecule has 0 heterocycles. The number of nitrogens with one attached hydrogen (secondary N) is 1. The van der Waals surface area contributed by atoms with Crippen molar-refractivity contribution in [2.75, 3.05) is 6.61 Å². The van der Waals surface area contributed by atoms with Gasteiger partial charge in [0, 0.05) is 0 Å². The monoisotopic (exact) mass is 276 g/mol. The van der Waals surface area contributed by atoms with Gasteiger partial charge in [0.2, 0.25) is 11.8 Å². The van der Waals surface area contributed by atoms with E-state index in [-0.39, 0.29) is 18.6 Å². The number of amides is 2. The van der Waals surface area contributed by atoms with Crippen molar-refractivity contribution in [3.05, 3.63) is 35.9 Å². The van der Waals surface area contributed by atoms with Crippen molar-refractivity contribution >= 4 is 11.8 Å². The molecule has 1 aliphatic carbocycles. The smallest absolute Gasteiger partial charge is 0.246 e. The fourth-order valence-electron chi connectivity index (χ4n) is 2.42. The summed E-state index contributed by atoms with van der Waals surface area (Å²) in [5, 5.41) is 2.62. The zero-order valence-electron chi connectivity index (χ0n) is 11.4. The van der Waals surface area contributed by atoms with Crippen molar-refractivity contribution < 1.29 is 14.3 Å². The summed E-state index contributed by atoms with van der Waals surface area (Å²) in [4.78, 5) is 23.3. The number of benzene rings is 1. The first-order chi connectivity index (χ1) is 9.66. The maximum atomic E-state index is 11.8. The highest BCUT2D eigenvalue weighted by molar-refractivity contribution is 5.88. The number of carbonyl (C=O) groups excluding carboxylic acids is 2. The molecule has 5 heteroatoms. The van der Waals surface area contributed by atoms with Crippen LogP contribution in [0.3, 0.4) is 0 Å². The Morgan fingerprint density at radius 2 is 1.90 bits per heavy atom. The Labute approximate surface area is 118 Å². The molecule has 5 nitrogen and oxygen atoms in total. The molecule has 0 bridgehead atoms. The van der Waals surface area contributed by atoms with Crippen LogP contribution in [0.5, 0.6) is 0 Å². The van der Waals surface area contributed by atoms with Crippen LogP contribution in [0.15, 0.2) is 30.3 Å². The molecule has 1 aliphatic rings. The lowest BCUT2D eigenvalue weighted by Gasteiger charge is -2.17. The molecule has 3 N–H and O–H groups in total. The van der Waals surface area contributed by atoms with Crippen LogP contribution in [-0.2, 0) is 14.3 Å². The van der Waals surface area contributed by atoms with E-state index in [2.05, 4.69) is 5.32 Å². The number of ether oxygens (including phenoxy) is 1. The van der Waals surface area contributed by atoms with Crippen LogP contribution >= 0.6 is 0 Å². The van der Waals surface area contributed by atoms with E-state index < -0.39 is 11.9 Å².